The number of amides is 1. The number of fused-ring (bicyclic) bond motifs is 2. The predicted octanol–water partition coefficient (Wildman–Crippen LogP) is 1.72. The quantitative estimate of drug-likeness (QED) is 0.651. The first kappa shape index (κ1) is 18.8. The number of aryl methyl sites for hydroxylation is 1. The van der Waals surface area contributed by atoms with E-state index in [2.05, 4.69) is 22.0 Å². The van der Waals surface area contributed by atoms with E-state index in [0.29, 0.717) is 37.0 Å². The second-order valence-electron chi connectivity index (χ2n) is 7.95. The first-order valence-electron chi connectivity index (χ1n) is 10.3. The number of benzene rings is 2. The molecule has 1 fully saturated rings. The Labute approximate surface area is 174 Å². The van der Waals surface area contributed by atoms with Crippen molar-refractivity contribution in [2.75, 3.05) is 31.1 Å². The van der Waals surface area contributed by atoms with E-state index < -0.39 is 6.10 Å². The number of carbonyl (C=O) groups excluding carboxylic acids is 1. The number of carbonyl (C=O) groups is 1. The van der Waals surface area contributed by atoms with Crippen molar-refractivity contribution in [1.29, 1.82) is 0 Å². The molecule has 2 aliphatic heterocycles. The van der Waals surface area contributed by atoms with E-state index in [4.69, 9.17) is 4.74 Å². The van der Waals surface area contributed by atoms with Gasteiger partial charge in [-0.3, -0.25) is 9.59 Å². The van der Waals surface area contributed by atoms with E-state index in [1.165, 1.54) is 15.7 Å². The monoisotopic (exact) mass is 404 g/mol. The number of nitrogens with zero attached hydrogens (tertiary/aromatic N) is 4. The molecule has 0 N–H and O–H groups in total. The lowest BCUT2D eigenvalue weighted by molar-refractivity contribution is -0.145. The molecule has 0 bridgehead atoms. The number of aromatic nitrogens is 2. The van der Waals surface area contributed by atoms with Crippen molar-refractivity contribution in [3.63, 3.8) is 0 Å². The fourth-order valence-corrected chi connectivity index (χ4v) is 4.29. The first-order chi connectivity index (χ1) is 14.6. The molecular weight excluding hydrogens is 380 g/mol. The molecule has 1 saturated heterocycles. The maximum absolute atomic E-state index is 13.0. The molecular formula is C23H24N4O3. The van der Waals surface area contributed by atoms with Crippen molar-refractivity contribution in [3.05, 3.63) is 70.3 Å². The van der Waals surface area contributed by atoms with Gasteiger partial charge in [-0.15, -0.1) is 0 Å². The van der Waals surface area contributed by atoms with Crippen LogP contribution in [0.15, 0.2) is 53.6 Å². The van der Waals surface area contributed by atoms with Crippen molar-refractivity contribution in [3.8, 4) is 0 Å². The predicted molar refractivity (Wildman–Crippen MR) is 115 cm³/mol. The van der Waals surface area contributed by atoms with Crippen LogP contribution in [0.25, 0.3) is 10.9 Å². The number of hydrogen-bond acceptors (Lipinski definition) is 5. The normalized spacial score (nSPS) is 19.0. The van der Waals surface area contributed by atoms with Crippen LogP contribution in [0.2, 0.25) is 0 Å². The summed E-state index contributed by atoms with van der Waals surface area (Å²) in [5.74, 6) is 0.0767. The second-order valence-corrected chi connectivity index (χ2v) is 7.95. The zero-order chi connectivity index (χ0) is 20.7. The van der Waals surface area contributed by atoms with Gasteiger partial charge in [-0.05, 0) is 29.3 Å². The van der Waals surface area contributed by atoms with Crippen LogP contribution >= 0.6 is 0 Å². The van der Waals surface area contributed by atoms with Gasteiger partial charge in [-0.2, -0.15) is 0 Å². The van der Waals surface area contributed by atoms with Crippen LogP contribution in [0, 0.1) is 0 Å². The standard InChI is InChI=1S/C23H24N4O3/c1-25-15-24-20-13-18(6-7-19(20)22(25)28)26-8-10-27(11-9-26)23(29)21-12-16-4-2-3-5-17(16)14-30-21/h2-7,13,15,21H,8-12,14H2,1H3. The van der Waals surface area contributed by atoms with Gasteiger partial charge in [-0.25, -0.2) is 4.98 Å². The summed E-state index contributed by atoms with van der Waals surface area (Å²) < 4.78 is 7.34. The fraction of sp³-hybridized carbons (Fsp3) is 0.348. The highest BCUT2D eigenvalue weighted by Gasteiger charge is 2.31. The fourth-order valence-electron chi connectivity index (χ4n) is 4.29. The number of piperazine rings is 1. The van der Waals surface area contributed by atoms with Crippen LogP contribution in [0.4, 0.5) is 5.69 Å². The minimum Gasteiger partial charge on any atom is -0.368 e. The zero-order valence-electron chi connectivity index (χ0n) is 17.0. The van der Waals surface area contributed by atoms with Gasteiger partial charge in [0.05, 0.1) is 23.8 Å². The van der Waals surface area contributed by atoms with Gasteiger partial charge in [0.15, 0.2) is 0 Å². The Morgan fingerprint density at radius 2 is 1.83 bits per heavy atom. The van der Waals surface area contributed by atoms with Crippen molar-refractivity contribution in [1.82, 2.24) is 14.5 Å². The van der Waals surface area contributed by atoms with E-state index >= 15 is 0 Å². The summed E-state index contributed by atoms with van der Waals surface area (Å²) in [4.78, 5) is 33.7. The lowest BCUT2D eigenvalue weighted by atomic mass is 9.98. The average Bonchev–Trinajstić information content (AvgIpc) is 2.80. The highest BCUT2D eigenvalue weighted by atomic mass is 16.5. The third-order valence-corrected chi connectivity index (χ3v) is 6.10. The smallest absolute Gasteiger partial charge is 0.260 e. The summed E-state index contributed by atoms with van der Waals surface area (Å²) in [6, 6.07) is 13.9. The van der Waals surface area contributed by atoms with E-state index in [9.17, 15) is 9.59 Å². The molecule has 7 heteroatoms. The number of rotatable bonds is 2. The van der Waals surface area contributed by atoms with Crippen molar-refractivity contribution in [2.24, 2.45) is 7.05 Å². The molecule has 1 unspecified atom stereocenters. The summed E-state index contributed by atoms with van der Waals surface area (Å²) in [5.41, 5.74) is 4.05. The molecule has 0 aliphatic carbocycles. The third-order valence-electron chi connectivity index (χ3n) is 6.10. The summed E-state index contributed by atoms with van der Waals surface area (Å²) in [6.45, 7) is 3.29. The SMILES string of the molecule is Cn1cnc2cc(N3CCN(C(=O)C4Cc5ccccc5CO4)CC3)ccc2c1=O. The molecule has 0 radical (unpaired) electrons. The highest BCUT2D eigenvalue weighted by Crippen LogP contribution is 2.24. The first-order valence-corrected chi connectivity index (χ1v) is 10.3. The van der Waals surface area contributed by atoms with Crippen LogP contribution in [0.1, 0.15) is 11.1 Å². The van der Waals surface area contributed by atoms with Gasteiger partial charge >= 0.3 is 0 Å². The van der Waals surface area contributed by atoms with Crippen LogP contribution in [-0.2, 0) is 29.6 Å². The summed E-state index contributed by atoms with van der Waals surface area (Å²) in [5, 5.41) is 0.618. The summed E-state index contributed by atoms with van der Waals surface area (Å²) in [7, 11) is 1.70. The Balaban J connectivity index is 1.25. The minimum absolute atomic E-state index is 0.0454. The van der Waals surface area contributed by atoms with Gasteiger partial charge in [0.1, 0.15) is 6.10 Å². The average molecular weight is 404 g/mol. The van der Waals surface area contributed by atoms with Gasteiger partial charge in [-0.1, -0.05) is 24.3 Å². The van der Waals surface area contributed by atoms with E-state index in [1.807, 2.05) is 35.2 Å². The number of anilines is 1. The molecule has 1 aromatic heterocycles. The Morgan fingerprint density at radius 3 is 2.63 bits per heavy atom. The minimum atomic E-state index is -0.396. The van der Waals surface area contributed by atoms with Crippen LogP contribution in [0.5, 0.6) is 0 Å². The van der Waals surface area contributed by atoms with Crippen LogP contribution < -0.4 is 10.5 Å². The van der Waals surface area contributed by atoms with Crippen molar-refractivity contribution >= 4 is 22.5 Å². The van der Waals surface area contributed by atoms with Gasteiger partial charge in [0.2, 0.25) is 0 Å². The highest BCUT2D eigenvalue weighted by molar-refractivity contribution is 5.83. The maximum atomic E-state index is 13.0. The van der Waals surface area contributed by atoms with Crippen molar-refractivity contribution < 1.29 is 9.53 Å². The molecule has 5 rings (SSSR count). The summed E-state index contributed by atoms with van der Waals surface area (Å²) in [6.07, 6.45) is 1.79. The Kier molecular flexibility index (Phi) is 4.75. The van der Waals surface area contributed by atoms with Crippen LogP contribution in [-0.4, -0.2) is 52.6 Å². The second kappa shape index (κ2) is 7.57. The molecule has 0 saturated carbocycles. The topological polar surface area (TPSA) is 67.7 Å². The molecule has 2 aliphatic rings. The Morgan fingerprint density at radius 1 is 1.07 bits per heavy atom. The van der Waals surface area contributed by atoms with Crippen molar-refractivity contribution in [2.45, 2.75) is 19.1 Å². The van der Waals surface area contributed by atoms with Gasteiger partial charge in [0.25, 0.3) is 11.5 Å². The van der Waals surface area contributed by atoms with E-state index in [0.717, 1.165) is 18.8 Å². The van der Waals surface area contributed by atoms with E-state index in [1.54, 1.807) is 13.4 Å². The molecule has 2 aromatic carbocycles. The Bertz CT molecular complexity index is 1160. The van der Waals surface area contributed by atoms with Gasteiger partial charge in [0, 0.05) is 45.3 Å². The third kappa shape index (κ3) is 3.35. The molecule has 1 amide bonds. The number of ether oxygens (including phenoxy) is 1. The molecule has 154 valence electrons. The number of hydrogen-bond donors (Lipinski definition) is 0. The molecule has 3 heterocycles. The molecule has 30 heavy (non-hydrogen) atoms. The Hall–Kier alpha value is -3.19. The summed E-state index contributed by atoms with van der Waals surface area (Å²) >= 11 is 0. The molecule has 0 spiro atoms. The van der Waals surface area contributed by atoms with E-state index in [-0.39, 0.29) is 11.5 Å². The lowest BCUT2D eigenvalue weighted by Gasteiger charge is -2.38. The van der Waals surface area contributed by atoms with Crippen LogP contribution in [0.3, 0.4) is 0 Å². The molecule has 1 atom stereocenters. The maximum Gasteiger partial charge on any atom is 0.260 e. The van der Waals surface area contributed by atoms with Gasteiger partial charge < -0.3 is 19.1 Å². The lowest BCUT2D eigenvalue weighted by Crippen LogP contribution is -2.52. The molecule has 7 nitrogen and oxygen atoms in total. The largest absolute Gasteiger partial charge is 0.368 e. The zero-order valence-corrected chi connectivity index (χ0v) is 17.0. The molecule has 3 aromatic rings.